The molecule has 2 N–H and O–H groups in total. The lowest BCUT2D eigenvalue weighted by molar-refractivity contribution is 0.434. The first kappa shape index (κ1) is 19.1. The number of aromatic nitrogens is 4. The first-order valence-electron chi connectivity index (χ1n) is 8.66. The maximum Gasteiger partial charge on any atom is 0.255 e. The van der Waals surface area contributed by atoms with Gasteiger partial charge in [0.15, 0.2) is 17.3 Å². The second-order valence-corrected chi connectivity index (χ2v) is 7.47. The Kier molecular flexibility index (Phi) is 4.88. The SMILES string of the molecule is [C-]#[N+]c1c(C(C)(C)C)n[nH]c1/N=N/c1c(N(C)C)nn(-c2ccccc2)c1O. The van der Waals surface area contributed by atoms with Gasteiger partial charge in [-0.2, -0.15) is 9.78 Å². The highest BCUT2D eigenvalue weighted by molar-refractivity contribution is 5.70. The smallest absolute Gasteiger partial charge is 0.255 e. The summed E-state index contributed by atoms with van der Waals surface area (Å²) in [6.07, 6.45) is 0. The zero-order chi connectivity index (χ0) is 20.5. The Morgan fingerprint density at radius 2 is 1.86 bits per heavy atom. The molecule has 0 aliphatic heterocycles. The van der Waals surface area contributed by atoms with Crippen molar-refractivity contribution in [2.45, 2.75) is 26.2 Å². The minimum absolute atomic E-state index is 0.140. The summed E-state index contributed by atoms with van der Waals surface area (Å²) in [5, 5.41) is 30.4. The first-order valence-corrected chi connectivity index (χ1v) is 8.66. The molecule has 0 saturated heterocycles. The van der Waals surface area contributed by atoms with E-state index in [1.165, 1.54) is 4.68 Å². The van der Waals surface area contributed by atoms with Crippen LogP contribution in [0.1, 0.15) is 26.5 Å². The number of azo groups is 1. The number of nitrogens with one attached hydrogen (secondary N) is 1. The summed E-state index contributed by atoms with van der Waals surface area (Å²) >= 11 is 0. The van der Waals surface area contributed by atoms with Gasteiger partial charge >= 0.3 is 0 Å². The molecule has 9 heteroatoms. The molecule has 0 aliphatic carbocycles. The predicted octanol–water partition coefficient (Wildman–Crippen LogP) is 4.63. The van der Waals surface area contributed by atoms with Gasteiger partial charge in [0, 0.05) is 14.1 Å². The number of benzene rings is 1. The fourth-order valence-electron chi connectivity index (χ4n) is 2.66. The van der Waals surface area contributed by atoms with Gasteiger partial charge in [0.25, 0.3) is 5.69 Å². The molecule has 0 bridgehead atoms. The minimum Gasteiger partial charge on any atom is -0.492 e. The van der Waals surface area contributed by atoms with E-state index >= 15 is 0 Å². The Morgan fingerprint density at radius 3 is 2.43 bits per heavy atom. The number of rotatable bonds is 4. The van der Waals surface area contributed by atoms with Crippen molar-refractivity contribution < 1.29 is 5.11 Å². The van der Waals surface area contributed by atoms with Crippen molar-refractivity contribution in [3.8, 4) is 11.6 Å². The van der Waals surface area contributed by atoms with E-state index in [-0.39, 0.29) is 22.8 Å². The Morgan fingerprint density at radius 1 is 1.18 bits per heavy atom. The van der Waals surface area contributed by atoms with Crippen molar-refractivity contribution in [3.05, 3.63) is 47.4 Å². The predicted molar refractivity (Wildman–Crippen MR) is 107 cm³/mol. The number of aromatic hydroxyl groups is 1. The highest BCUT2D eigenvalue weighted by Crippen LogP contribution is 2.41. The molecular weight excluding hydrogens is 356 g/mol. The van der Waals surface area contributed by atoms with Gasteiger partial charge in [0.1, 0.15) is 0 Å². The number of H-pyrrole nitrogens is 1. The van der Waals surface area contributed by atoms with Crippen LogP contribution in [0, 0.1) is 6.57 Å². The Labute approximate surface area is 163 Å². The summed E-state index contributed by atoms with van der Waals surface area (Å²) in [4.78, 5) is 5.28. The summed E-state index contributed by atoms with van der Waals surface area (Å²) in [7, 11) is 3.60. The molecule has 0 radical (unpaired) electrons. The molecule has 2 aromatic heterocycles. The number of nitrogens with zero attached hydrogens (tertiary/aromatic N) is 7. The van der Waals surface area contributed by atoms with Crippen LogP contribution >= 0.6 is 0 Å². The fourth-order valence-corrected chi connectivity index (χ4v) is 2.66. The summed E-state index contributed by atoms with van der Waals surface area (Å²) in [5.74, 6) is 0.556. The van der Waals surface area contributed by atoms with E-state index in [1.54, 1.807) is 19.0 Å². The molecule has 0 atom stereocenters. The van der Waals surface area contributed by atoms with Crippen LogP contribution in [0.3, 0.4) is 0 Å². The molecule has 0 saturated carbocycles. The molecule has 28 heavy (non-hydrogen) atoms. The van der Waals surface area contributed by atoms with Gasteiger partial charge in [-0.1, -0.05) is 39.0 Å². The van der Waals surface area contributed by atoms with E-state index in [0.29, 0.717) is 22.9 Å². The molecule has 0 amide bonds. The van der Waals surface area contributed by atoms with Gasteiger partial charge in [0.2, 0.25) is 5.88 Å². The molecule has 3 rings (SSSR count). The third kappa shape index (κ3) is 3.44. The van der Waals surface area contributed by atoms with E-state index < -0.39 is 0 Å². The van der Waals surface area contributed by atoms with Crippen molar-refractivity contribution in [3.63, 3.8) is 0 Å². The number of para-hydroxylation sites is 1. The highest BCUT2D eigenvalue weighted by atomic mass is 16.3. The van der Waals surface area contributed by atoms with Crippen molar-refractivity contribution in [1.82, 2.24) is 20.0 Å². The van der Waals surface area contributed by atoms with Crippen molar-refractivity contribution >= 4 is 23.0 Å². The third-order valence-electron chi connectivity index (χ3n) is 4.04. The van der Waals surface area contributed by atoms with Gasteiger partial charge in [-0.25, -0.2) is 4.85 Å². The van der Waals surface area contributed by atoms with E-state index in [2.05, 4.69) is 30.4 Å². The van der Waals surface area contributed by atoms with Crippen molar-refractivity contribution in [2.75, 3.05) is 19.0 Å². The van der Waals surface area contributed by atoms with E-state index in [9.17, 15) is 5.11 Å². The topological polar surface area (TPSA) is 99.0 Å². The van der Waals surface area contributed by atoms with Gasteiger partial charge in [0.05, 0.1) is 18.0 Å². The summed E-state index contributed by atoms with van der Waals surface area (Å²) in [6.45, 7) is 13.4. The molecule has 1 aromatic carbocycles. The molecule has 0 fully saturated rings. The molecular formula is C19H22N8O. The Balaban J connectivity index is 2.07. The normalized spacial score (nSPS) is 11.7. The lowest BCUT2D eigenvalue weighted by atomic mass is 9.91. The van der Waals surface area contributed by atoms with E-state index in [1.807, 2.05) is 51.1 Å². The number of hydrogen-bond donors (Lipinski definition) is 2. The van der Waals surface area contributed by atoms with E-state index in [4.69, 9.17) is 6.57 Å². The van der Waals surface area contributed by atoms with Gasteiger partial charge in [-0.15, -0.1) is 15.3 Å². The van der Waals surface area contributed by atoms with Crippen LogP contribution in [-0.2, 0) is 5.41 Å². The summed E-state index contributed by atoms with van der Waals surface area (Å²) in [5.41, 5.74) is 1.53. The van der Waals surface area contributed by atoms with Crippen LogP contribution in [0.2, 0.25) is 0 Å². The van der Waals surface area contributed by atoms with Gasteiger partial charge in [-0.05, 0) is 17.5 Å². The average molecular weight is 378 g/mol. The van der Waals surface area contributed by atoms with Gasteiger partial charge in [-0.3, -0.25) is 5.10 Å². The highest BCUT2D eigenvalue weighted by Gasteiger charge is 2.25. The monoisotopic (exact) mass is 378 g/mol. The zero-order valence-electron chi connectivity index (χ0n) is 16.5. The average Bonchev–Trinajstić information content (AvgIpc) is 3.21. The largest absolute Gasteiger partial charge is 0.492 e. The molecule has 3 aromatic rings. The fraction of sp³-hybridized carbons (Fsp3) is 0.316. The summed E-state index contributed by atoms with van der Waals surface area (Å²) in [6, 6.07) is 9.25. The first-order chi connectivity index (χ1) is 13.2. The maximum atomic E-state index is 10.7. The minimum atomic E-state index is -0.306. The van der Waals surface area contributed by atoms with Crippen molar-refractivity contribution in [2.24, 2.45) is 10.2 Å². The van der Waals surface area contributed by atoms with Crippen LogP contribution in [0.25, 0.3) is 10.5 Å². The maximum absolute atomic E-state index is 10.7. The summed E-state index contributed by atoms with van der Waals surface area (Å²) < 4.78 is 1.40. The third-order valence-corrected chi connectivity index (χ3v) is 4.04. The lowest BCUT2D eigenvalue weighted by Crippen LogP contribution is -2.11. The van der Waals surface area contributed by atoms with Crippen LogP contribution in [0.15, 0.2) is 40.6 Å². The number of aromatic amines is 1. The van der Waals surface area contributed by atoms with Crippen LogP contribution in [-0.4, -0.2) is 39.2 Å². The van der Waals surface area contributed by atoms with Crippen LogP contribution in [0.5, 0.6) is 5.88 Å². The lowest BCUT2D eigenvalue weighted by Gasteiger charge is -2.15. The van der Waals surface area contributed by atoms with Crippen LogP contribution < -0.4 is 4.90 Å². The number of anilines is 1. The van der Waals surface area contributed by atoms with Gasteiger partial charge < -0.3 is 10.0 Å². The van der Waals surface area contributed by atoms with Crippen molar-refractivity contribution in [1.29, 1.82) is 0 Å². The standard InChI is InChI=1S/C19H22N8O/c1-19(2,3)15-13(20-4)16(24-22-15)23-21-14-17(26(5)6)25-27(18(14)28)12-10-8-7-9-11-12/h7-11,28H,1-3,5-6H3,(H,22,24)/b23-21+. The van der Waals surface area contributed by atoms with E-state index in [0.717, 1.165) is 0 Å². The second-order valence-electron chi connectivity index (χ2n) is 7.47. The molecule has 0 aliphatic rings. The molecule has 9 nitrogen and oxygen atoms in total. The molecule has 0 unspecified atom stereocenters. The molecule has 144 valence electrons. The Bertz CT molecular complexity index is 1050. The zero-order valence-corrected chi connectivity index (χ0v) is 16.5. The molecule has 0 spiro atoms. The quantitative estimate of drug-likeness (QED) is 0.511. The molecule has 2 heterocycles. The number of hydrogen-bond acceptors (Lipinski definition) is 6. The second kappa shape index (κ2) is 7.15. The Hall–Kier alpha value is -3.67. The van der Waals surface area contributed by atoms with Crippen LogP contribution in [0.4, 0.5) is 23.0 Å².